The molecular weight excluding hydrogens is 496 g/mol. The Morgan fingerprint density at radius 1 is 1.05 bits per heavy atom. The highest BCUT2D eigenvalue weighted by Crippen LogP contribution is 2.51. The number of nitrogens with zero attached hydrogens (tertiary/aromatic N) is 3. The second kappa shape index (κ2) is 12.2. The minimum absolute atomic E-state index is 0.0627. The van der Waals surface area contributed by atoms with E-state index in [1.165, 1.54) is 12.4 Å². The lowest BCUT2D eigenvalue weighted by atomic mass is 9.61. The molecule has 0 aliphatic carbocycles. The molecule has 0 bridgehead atoms. The number of halogens is 3. The van der Waals surface area contributed by atoms with E-state index in [9.17, 15) is 8.78 Å². The maximum Gasteiger partial charge on any atom is 0.186 e. The van der Waals surface area contributed by atoms with Gasteiger partial charge in [0.05, 0.1) is 18.8 Å². The zero-order chi connectivity index (χ0) is 27.1. The van der Waals surface area contributed by atoms with E-state index in [1.54, 1.807) is 6.33 Å². The van der Waals surface area contributed by atoms with Crippen LogP contribution in [-0.4, -0.2) is 27.0 Å². The molecule has 0 aliphatic heterocycles. The van der Waals surface area contributed by atoms with Crippen molar-refractivity contribution >= 4 is 11.6 Å². The van der Waals surface area contributed by atoms with Gasteiger partial charge in [-0.2, -0.15) is 5.10 Å². The molecule has 8 heteroatoms. The van der Waals surface area contributed by atoms with E-state index in [-0.39, 0.29) is 17.8 Å². The normalized spacial score (nSPS) is 15.1. The van der Waals surface area contributed by atoms with Crippen LogP contribution >= 0.6 is 11.6 Å². The van der Waals surface area contributed by atoms with Gasteiger partial charge in [0.25, 0.3) is 0 Å². The molecule has 2 unspecified atom stereocenters. The molecule has 37 heavy (non-hydrogen) atoms. The van der Waals surface area contributed by atoms with Crippen LogP contribution in [0, 0.1) is 17.0 Å². The summed E-state index contributed by atoms with van der Waals surface area (Å²) in [4.78, 5) is 4.23. The summed E-state index contributed by atoms with van der Waals surface area (Å²) in [5, 5.41) is 3.98. The van der Waals surface area contributed by atoms with Crippen LogP contribution in [0.25, 0.3) is 0 Å². The van der Waals surface area contributed by atoms with Gasteiger partial charge in [-0.3, -0.25) is 0 Å². The van der Waals surface area contributed by atoms with Crippen LogP contribution in [0.4, 0.5) is 8.78 Å². The average Bonchev–Trinajstić information content (AvgIpc) is 3.42. The Bertz CT molecular complexity index is 1150. The van der Waals surface area contributed by atoms with Gasteiger partial charge >= 0.3 is 0 Å². The van der Waals surface area contributed by atoms with E-state index < -0.39 is 27.8 Å². The fourth-order valence-corrected chi connectivity index (χ4v) is 5.24. The van der Waals surface area contributed by atoms with Crippen molar-refractivity contribution < 1.29 is 18.3 Å². The molecule has 200 valence electrons. The third-order valence-electron chi connectivity index (χ3n) is 7.08. The van der Waals surface area contributed by atoms with Gasteiger partial charge in [0.15, 0.2) is 11.6 Å². The number of hydrogen-bond acceptors (Lipinski definition) is 4. The first-order valence-electron chi connectivity index (χ1n) is 12.5. The first kappa shape index (κ1) is 28.8. The molecule has 5 nitrogen and oxygen atoms in total. The monoisotopic (exact) mass is 531 g/mol. The molecule has 3 rings (SSSR count). The Hall–Kier alpha value is -2.77. The van der Waals surface area contributed by atoms with E-state index >= 15 is 0 Å². The largest absolute Gasteiger partial charge is 0.490 e. The first-order chi connectivity index (χ1) is 17.6. The van der Waals surface area contributed by atoms with Gasteiger partial charge in [-0.05, 0) is 55.7 Å². The number of benzene rings is 2. The molecule has 0 spiro atoms. The van der Waals surface area contributed by atoms with E-state index in [4.69, 9.17) is 21.1 Å². The summed E-state index contributed by atoms with van der Waals surface area (Å²) in [5.41, 5.74) is -0.520. The first-order valence-corrected chi connectivity index (χ1v) is 12.8. The highest BCUT2D eigenvalue weighted by atomic mass is 35.5. The summed E-state index contributed by atoms with van der Waals surface area (Å²) in [5.74, 6) is -1.76. The van der Waals surface area contributed by atoms with Crippen LogP contribution in [0.1, 0.15) is 58.9 Å². The third-order valence-corrected chi connectivity index (χ3v) is 7.43. The van der Waals surface area contributed by atoms with Gasteiger partial charge in [-0.25, -0.2) is 18.4 Å². The Labute approximate surface area is 223 Å². The lowest BCUT2D eigenvalue weighted by molar-refractivity contribution is -0.196. The van der Waals surface area contributed by atoms with E-state index in [0.717, 1.165) is 18.1 Å². The molecule has 0 saturated heterocycles. The smallest absolute Gasteiger partial charge is 0.186 e. The second-order valence-corrected chi connectivity index (χ2v) is 10.8. The van der Waals surface area contributed by atoms with E-state index in [0.29, 0.717) is 25.9 Å². The summed E-state index contributed by atoms with van der Waals surface area (Å²) in [6.45, 7) is 13.4. The molecule has 1 aromatic heterocycles. The van der Waals surface area contributed by atoms with Crippen LogP contribution in [0.15, 0.2) is 67.8 Å². The summed E-state index contributed by atoms with van der Waals surface area (Å²) >= 11 is 5.67. The summed E-state index contributed by atoms with van der Waals surface area (Å²) in [6.07, 6.45) is 7.79. The van der Waals surface area contributed by atoms with Crippen molar-refractivity contribution in [2.75, 3.05) is 6.61 Å². The van der Waals surface area contributed by atoms with Crippen LogP contribution in [0.5, 0.6) is 5.75 Å². The van der Waals surface area contributed by atoms with Crippen molar-refractivity contribution in [1.29, 1.82) is 0 Å². The van der Waals surface area contributed by atoms with E-state index in [1.807, 2.05) is 41.1 Å². The highest BCUT2D eigenvalue weighted by Gasteiger charge is 2.57. The zero-order valence-corrected chi connectivity index (χ0v) is 22.8. The predicted octanol–water partition coefficient (Wildman–Crippen LogP) is 7.75. The van der Waals surface area contributed by atoms with Crippen LogP contribution in [0.3, 0.4) is 0 Å². The lowest BCUT2D eigenvalue weighted by Crippen LogP contribution is -2.62. The molecule has 2 atom stereocenters. The maximum absolute atomic E-state index is 14.2. The fraction of sp³-hybridized carbons (Fsp3) is 0.448. The van der Waals surface area contributed by atoms with Crippen molar-refractivity contribution in [2.24, 2.45) is 5.41 Å². The summed E-state index contributed by atoms with van der Waals surface area (Å²) in [7, 11) is 0. The summed E-state index contributed by atoms with van der Waals surface area (Å²) < 4.78 is 42.0. The average molecular weight is 532 g/mol. The predicted molar refractivity (Wildman–Crippen MR) is 143 cm³/mol. The van der Waals surface area contributed by atoms with Crippen molar-refractivity contribution in [3.8, 4) is 5.75 Å². The Kier molecular flexibility index (Phi) is 9.48. The van der Waals surface area contributed by atoms with Crippen LogP contribution in [-0.2, 0) is 16.9 Å². The molecule has 3 aromatic rings. The molecule has 0 radical (unpaired) electrons. The van der Waals surface area contributed by atoms with Crippen LogP contribution < -0.4 is 4.74 Å². The van der Waals surface area contributed by atoms with Crippen LogP contribution in [0.2, 0.25) is 5.02 Å². The van der Waals surface area contributed by atoms with E-state index in [2.05, 4.69) is 44.4 Å². The van der Waals surface area contributed by atoms with Gasteiger partial charge in [-0.15, -0.1) is 6.58 Å². The zero-order valence-electron chi connectivity index (χ0n) is 22.0. The minimum Gasteiger partial charge on any atom is -0.490 e. The molecule has 1 heterocycles. The molecule has 2 aromatic carbocycles. The number of ether oxygens (including phenoxy) is 2. The fourth-order valence-electron chi connectivity index (χ4n) is 5.09. The van der Waals surface area contributed by atoms with Gasteiger partial charge < -0.3 is 9.47 Å². The van der Waals surface area contributed by atoms with Gasteiger partial charge in [0.2, 0.25) is 0 Å². The molecule has 0 saturated carbocycles. The number of hydrogen-bond donors (Lipinski definition) is 0. The van der Waals surface area contributed by atoms with Crippen molar-refractivity contribution in [3.05, 3.63) is 90.0 Å². The molecule has 0 aliphatic rings. The maximum atomic E-state index is 14.2. The lowest BCUT2D eigenvalue weighted by Gasteiger charge is -2.55. The summed E-state index contributed by atoms with van der Waals surface area (Å²) in [6, 6.07) is 12.4. The molecule has 0 amide bonds. The topological polar surface area (TPSA) is 49.2 Å². The van der Waals surface area contributed by atoms with Crippen molar-refractivity contribution in [2.45, 2.75) is 71.1 Å². The molecular formula is C29H36ClF2N3O2. The van der Waals surface area contributed by atoms with Crippen molar-refractivity contribution in [1.82, 2.24) is 14.8 Å². The molecule has 0 fully saturated rings. The standard InChI is InChI=1S/C29H36ClF2N3O2/c1-6-16-29(27(2,3)4,37-19-22-12-8-7-9-13-22)28(5,35-21-33-20-34-35)17-10-11-18-36-24-15-14-23(31)25(30)26(24)32/h6-9,12-15,20-21H,1,10-11,16-19H2,2-5H3. The Morgan fingerprint density at radius 3 is 2.41 bits per heavy atom. The Balaban J connectivity index is 1.83. The quantitative estimate of drug-likeness (QED) is 0.128. The number of unbranched alkanes of at least 4 members (excludes halogenated alkanes) is 1. The van der Waals surface area contributed by atoms with Gasteiger partial charge in [0.1, 0.15) is 29.1 Å². The van der Waals surface area contributed by atoms with Crippen molar-refractivity contribution in [3.63, 3.8) is 0 Å². The second-order valence-electron chi connectivity index (χ2n) is 10.4. The minimum atomic E-state index is -0.888. The highest BCUT2D eigenvalue weighted by molar-refractivity contribution is 6.31. The Morgan fingerprint density at radius 2 is 1.78 bits per heavy atom. The van der Waals surface area contributed by atoms with Gasteiger partial charge in [-0.1, -0.05) is 68.8 Å². The number of aromatic nitrogens is 3. The molecule has 0 N–H and O–H groups in total. The third kappa shape index (κ3) is 6.21. The SMILES string of the molecule is C=CCC(OCc1ccccc1)(C(C)(C)C)C(C)(CCCCOc1ccc(F)c(Cl)c1F)n1cncn1. The van der Waals surface area contributed by atoms with Gasteiger partial charge in [0, 0.05) is 0 Å². The number of rotatable bonds is 13.